The van der Waals surface area contributed by atoms with Gasteiger partial charge in [-0.1, -0.05) is 41.5 Å². The minimum atomic E-state index is 0.512. The molecular formula is C8H20S. The molecule has 0 amide bonds. The third-order valence-corrected chi connectivity index (χ3v) is 2.25. The normalized spacial score (nSPS) is 14.4. The monoisotopic (exact) mass is 148 g/mol. The molecule has 0 radical (unpaired) electrons. The van der Waals surface area contributed by atoms with Crippen LogP contribution in [0.2, 0.25) is 0 Å². The van der Waals surface area contributed by atoms with Crippen LogP contribution in [0.3, 0.4) is 0 Å². The third kappa shape index (κ3) is 8.35. The molecule has 0 heterocycles. The van der Waals surface area contributed by atoms with Crippen LogP contribution < -0.4 is 0 Å². The number of rotatable bonds is 0. The first-order chi connectivity index (χ1) is 3.71. The minimum absolute atomic E-state index is 0.512. The number of hydrogen-bond acceptors (Lipinski definition) is 0. The van der Waals surface area contributed by atoms with Gasteiger partial charge >= 0.3 is 0 Å². The predicted molar refractivity (Wildman–Crippen MR) is 49.9 cm³/mol. The van der Waals surface area contributed by atoms with E-state index in [1.807, 2.05) is 0 Å². The molecule has 0 aliphatic heterocycles. The van der Waals surface area contributed by atoms with Gasteiger partial charge in [0.2, 0.25) is 0 Å². The van der Waals surface area contributed by atoms with Crippen LogP contribution in [0.1, 0.15) is 41.5 Å². The zero-order valence-corrected chi connectivity index (χ0v) is 8.50. The van der Waals surface area contributed by atoms with E-state index in [1.54, 1.807) is 0 Å². The van der Waals surface area contributed by atoms with E-state index < -0.39 is 0 Å². The van der Waals surface area contributed by atoms with E-state index >= 15 is 0 Å². The first kappa shape index (κ1) is 9.35. The molecule has 0 spiro atoms. The molecular weight excluding hydrogens is 128 g/mol. The average Bonchev–Trinajstić information content (AvgIpc) is 1.14. The van der Waals surface area contributed by atoms with Crippen LogP contribution in [0.15, 0.2) is 0 Å². The molecule has 0 aliphatic rings. The second-order valence-corrected chi connectivity index (χ2v) is 7.88. The SMILES string of the molecule is CC(C)(C)[SH2]C(C)(C)C. The zero-order chi connectivity index (χ0) is 7.71. The maximum atomic E-state index is 2.30. The Morgan fingerprint density at radius 3 is 0.889 bits per heavy atom. The van der Waals surface area contributed by atoms with E-state index in [0.717, 1.165) is 11.8 Å². The van der Waals surface area contributed by atoms with Crippen molar-refractivity contribution in [1.82, 2.24) is 0 Å². The molecule has 0 N–H and O–H groups in total. The lowest BCUT2D eigenvalue weighted by atomic mass is 10.2. The van der Waals surface area contributed by atoms with Crippen molar-refractivity contribution in [3.8, 4) is 0 Å². The van der Waals surface area contributed by atoms with Gasteiger partial charge in [0.1, 0.15) is 0 Å². The molecule has 0 bridgehead atoms. The summed E-state index contributed by atoms with van der Waals surface area (Å²) in [5.41, 5.74) is 0. The summed E-state index contributed by atoms with van der Waals surface area (Å²) < 4.78 is 1.02. The Morgan fingerprint density at radius 1 is 0.667 bits per heavy atom. The van der Waals surface area contributed by atoms with Crippen molar-refractivity contribution in [2.24, 2.45) is 0 Å². The van der Waals surface area contributed by atoms with E-state index in [2.05, 4.69) is 41.5 Å². The van der Waals surface area contributed by atoms with Crippen LogP contribution in [0.25, 0.3) is 0 Å². The third-order valence-electron chi connectivity index (χ3n) is 0.750. The lowest BCUT2D eigenvalue weighted by Gasteiger charge is -2.31. The lowest BCUT2D eigenvalue weighted by Crippen LogP contribution is -2.19. The van der Waals surface area contributed by atoms with Gasteiger partial charge in [-0.05, 0) is 9.49 Å². The first-order valence-electron chi connectivity index (χ1n) is 3.50. The van der Waals surface area contributed by atoms with Gasteiger partial charge in [-0.15, -0.1) is 0 Å². The van der Waals surface area contributed by atoms with E-state index in [0.29, 0.717) is 9.49 Å². The van der Waals surface area contributed by atoms with Crippen molar-refractivity contribution in [3.63, 3.8) is 0 Å². The Morgan fingerprint density at radius 2 is 0.889 bits per heavy atom. The minimum Gasteiger partial charge on any atom is -0.256 e. The van der Waals surface area contributed by atoms with Crippen molar-refractivity contribution >= 4 is 11.8 Å². The fourth-order valence-electron chi connectivity index (χ4n) is 1.12. The van der Waals surface area contributed by atoms with E-state index in [4.69, 9.17) is 0 Å². The van der Waals surface area contributed by atoms with Crippen LogP contribution in [0.5, 0.6) is 0 Å². The first-order valence-corrected chi connectivity index (χ1v) is 4.50. The van der Waals surface area contributed by atoms with Gasteiger partial charge in [-0.2, -0.15) is 0 Å². The summed E-state index contributed by atoms with van der Waals surface area (Å²) in [6, 6.07) is 0. The van der Waals surface area contributed by atoms with Gasteiger partial charge in [-0.3, -0.25) is 11.8 Å². The maximum Gasteiger partial charge on any atom is -0.0127 e. The van der Waals surface area contributed by atoms with Gasteiger partial charge in [0.05, 0.1) is 0 Å². The molecule has 0 unspecified atom stereocenters. The molecule has 0 rings (SSSR count). The standard InChI is InChI=1S/C8H20S/c1-7(2,3)9-8(4,5)6/h9H2,1-6H3. The Balaban J connectivity index is 3.75. The highest BCUT2D eigenvalue weighted by Gasteiger charge is 2.17. The summed E-state index contributed by atoms with van der Waals surface area (Å²) in [6.07, 6.45) is 0. The topological polar surface area (TPSA) is 0 Å². The molecule has 0 aliphatic carbocycles. The molecule has 0 atom stereocenters. The highest BCUT2D eigenvalue weighted by molar-refractivity contribution is 8.01. The fourth-order valence-corrected chi connectivity index (χ4v) is 3.38. The van der Waals surface area contributed by atoms with E-state index in [9.17, 15) is 0 Å². The highest BCUT2D eigenvalue weighted by atomic mass is 32.2. The summed E-state index contributed by atoms with van der Waals surface area (Å²) in [4.78, 5) is 0. The zero-order valence-electron chi connectivity index (χ0n) is 7.50. The van der Waals surface area contributed by atoms with Crippen molar-refractivity contribution in [2.75, 3.05) is 0 Å². The average molecular weight is 148 g/mol. The Bertz CT molecular complexity index is 69.7. The molecule has 0 saturated heterocycles. The van der Waals surface area contributed by atoms with E-state index in [-0.39, 0.29) is 0 Å². The summed E-state index contributed by atoms with van der Waals surface area (Å²) in [5.74, 6) is 0. The number of hydrogen-bond donors (Lipinski definition) is 0. The molecule has 0 aromatic heterocycles. The molecule has 1 heteroatoms. The molecule has 0 fully saturated rings. The van der Waals surface area contributed by atoms with Gasteiger partial charge in [0, 0.05) is 0 Å². The van der Waals surface area contributed by atoms with Gasteiger partial charge in [0.15, 0.2) is 0 Å². The maximum absolute atomic E-state index is 2.30. The summed E-state index contributed by atoms with van der Waals surface area (Å²) in [6.45, 7) is 13.8. The summed E-state index contributed by atoms with van der Waals surface area (Å²) in [7, 11) is 0. The van der Waals surface area contributed by atoms with Gasteiger partial charge in [-0.25, -0.2) is 0 Å². The Labute approximate surface area is 63.4 Å². The highest BCUT2D eigenvalue weighted by Crippen LogP contribution is 2.35. The molecule has 0 nitrogen and oxygen atoms in total. The van der Waals surface area contributed by atoms with E-state index in [1.165, 1.54) is 0 Å². The van der Waals surface area contributed by atoms with Crippen LogP contribution in [0, 0.1) is 0 Å². The van der Waals surface area contributed by atoms with Crippen molar-refractivity contribution < 1.29 is 0 Å². The van der Waals surface area contributed by atoms with Crippen molar-refractivity contribution in [1.29, 1.82) is 0 Å². The second-order valence-electron chi connectivity index (χ2n) is 4.62. The smallest absolute Gasteiger partial charge is 0.0127 e. The lowest BCUT2D eigenvalue weighted by molar-refractivity contribution is 0.740. The molecule has 58 valence electrons. The van der Waals surface area contributed by atoms with Crippen LogP contribution in [-0.4, -0.2) is 9.49 Å². The molecule has 0 aromatic rings. The largest absolute Gasteiger partial charge is 0.256 e. The van der Waals surface area contributed by atoms with Crippen molar-refractivity contribution in [2.45, 2.75) is 51.0 Å². The molecule has 0 aromatic carbocycles. The summed E-state index contributed by atoms with van der Waals surface area (Å²) >= 11 is 1.05. The van der Waals surface area contributed by atoms with Crippen LogP contribution in [0.4, 0.5) is 0 Å². The van der Waals surface area contributed by atoms with Crippen LogP contribution >= 0.6 is 11.8 Å². The quantitative estimate of drug-likeness (QED) is 0.495. The molecule has 0 saturated carbocycles. The Kier molecular flexibility index (Phi) is 2.63. The Hall–Kier alpha value is 0.350. The van der Waals surface area contributed by atoms with Gasteiger partial charge in [0.25, 0.3) is 0 Å². The van der Waals surface area contributed by atoms with Crippen LogP contribution in [-0.2, 0) is 0 Å². The van der Waals surface area contributed by atoms with Gasteiger partial charge < -0.3 is 0 Å². The summed E-state index contributed by atoms with van der Waals surface area (Å²) in [5, 5.41) is 0. The molecule has 9 heavy (non-hydrogen) atoms. The van der Waals surface area contributed by atoms with Crippen molar-refractivity contribution in [3.05, 3.63) is 0 Å². The second kappa shape index (κ2) is 2.53. The fraction of sp³-hybridized carbons (Fsp3) is 1.00. The predicted octanol–water partition coefficient (Wildman–Crippen LogP) is 2.78.